The molecule has 0 saturated carbocycles. The van der Waals surface area contributed by atoms with Crippen LogP contribution in [0.1, 0.15) is 23.3 Å². The summed E-state index contributed by atoms with van der Waals surface area (Å²) in [5.74, 6) is 3.70. The van der Waals surface area contributed by atoms with E-state index in [2.05, 4.69) is 4.90 Å². The van der Waals surface area contributed by atoms with Gasteiger partial charge in [-0.1, -0.05) is 0 Å². The number of hydrogen-bond acceptors (Lipinski definition) is 7. The molecule has 0 atom stereocenters. The summed E-state index contributed by atoms with van der Waals surface area (Å²) >= 11 is 0. The number of ether oxygens (including phenoxy) is 4. The fourth-order valence-electron chi connectivity index (χ4n) is 5.08. The molecule has 8 nitrogen and oxygen atoms in total. The van der Waals surface area contributed by atoms with Gasteiger partial charge < -0.3 is 28.3 Å². The van der Waals surface area contributed by atoms with Crippen LogP contribution in [0.3, 0.4) is 0 Å². The fraction of sp³-hybridized carbons (Fsp3) is 0.393. The molecule has 3 aromatic rings. The molecule has 190 valence electrons. The van der Waals surface area contributed by atoms with E-state index in [1.165, 1.54) is 0 Å². The van der Waals surface area contributed by atoms with Crippen molar-refractivity contribution in [2.75, 3.05) is 54.6 Å². The molecular formula is C28H32N2O6. The van der Waals surface area contributed by atoms with Gasteiger partial charge in [0, 0.05) is 61.7 Å². The molecular weight excluding hydrogens is 460 g/mol. The lowest BCUT2D eigenvalue weighted by Crippen LogP contribution is -2.48. The number of piperazine rings is 1. The van der Waals surface area contributed by atoms with Gasteiger partial charge in [0.15, 0.2) is 11.5 Å². The largest absolute Gasteiger partial charge is 0.497 e. The topological polar surface area (TPSA) is 73.6 Å². The van der Waals surface area contributed by atoms with Crippen molar-refractivity contribution in [3.63, 3.8) is 0 Å². The molecule has 5 rings (SSSR count). The number of hydrogen-bond donors (Lipinski definition) is 0. The predicted molar refractivity (Wildman–Crippen MR) is 137 cm³/mol. The molecule has 0 radical (unpaired) electrons. The maximum atomic E-state index is 13.4. The summed E-state index contributed by atoms with van der Waals surface area (Å²) in [6, 6.07) is 9.79. The third-order valence-electron chi connectivity index (χ3n) is 7.02. The maximum Gasteiger partial charge on any atom is 0.249 e. The Morgan fingerprint density at radius 1 is 0.889 bits per heavy atom. The van der Waals surface area contributed by atoms with Crippen molar-refractivity contribution in [1.29, 1.82) is 0 Å². The van der Waals surface area contributed by atoms with Crippen LogP contribution in [0.2, 0.25) is 0 Å². The Labute approximate surface area is 211 Å². The molecule has 0 unspecified atom stereocenters. The lowest BCUT2D eigenvalue weighted by Gasteiger charge is -2.35. The number of aryl methyl sites for hydroxylation is 1. The van der Waals surface area contributed by atoms with Gasteiger partial charge in [0.2, 0.25) is 11.7 Å². The van der Waals surface area contributed by atoms with E-state index in [-0.39, 0.29) is 5.91 Å². The van der Waals surface area contributed by atoms with E-state index in [1.54, 1.807) is 28.4 Å². The van der Waals surface area contributed by atoms with Crippen molar-refractivity contribution >= 4 is 23.0 Å². The highest BCUT2D eigenvalue weighted by atomic mass is 16.5. The Hall–Kier alpha value is -3.65. The highest BCUT2D eigenvalue weighted by Gasteiger charge is 2.27. The Morgan fingerprint density at radius 2 is 1.61 bits per heavy atom. The van der Waals surface area contributed by atoms with E-state index in [1.807, 2.05) is 41.3 Å². The third-order valence-corrected chi connectivity index (χ3v) is 7.02. The fourth-order valence-corrected chi connectivity index (χ4v) is 5.08. The van der Waals surface area contributed by atoms with Crippen LogP contribution in [0.15, 0.2) is 40.3 Å². The van der Waals surface area contributed by atoms with Gasteiger partial charge >= 0.3 is 0 Å². The van der Waals surface area contributed by atoms with Crippen LogP contribution in [-0.2, 0) is 17.8 Å². The number of furan rings is 1. The molecule has 1 fully saturated rings. The molecule has 1 amide bonds. The van der Waals surface area contributed by atoms with Gasteiger partial charge in [-0.15, -0.1) is 0 Å². The summed E-state index contributed by atoms with van der Waals surface area (Å²) in [7, 11) is 6.49. The molecule has 8 heteroatoms. The van der Waals surface area contributed by atoms with Gasteiger partial charge in [-0.2, -0.15) is 0 Å². The Balaban J connectivity index is 1.25. The molecule has 0 spiro atoms. The minimum atomic E-state index is 0.121. The molecule has 2 aliphatic rings. The first-order valence-electron chi connectivity index (χ1n) is 12.1. The molecule has 1 aliphatic carbocycles. The Morgan fingerprint density at radius 3 is 2.25 bits per heavy atom. The summed E-state index contributed by atoms with van der Waals surface area (Å²) in [5.41, 5.74) is 3.74. The number of amides is 1. The van der Waals surface area contributed by atoms with Crippen LogP contribution >= 0.6 is 0 Å². The van der Waals surface area contributed by atoms with E-state index in [4.69, 9.17) is 23.4 Å². The first kappa shape index (κ1) is 24.1. The van der Waals surface area contributed by atoms with Crippen LogP contribution in [0, 0.1) is 0 Å². The molecule has 2 aromatic carbocycles. The smallest absolute Gasteiger partial charge is 0.249 e. The second-order valence-corrected chi connectivity index (χ2v) is 9.07. The van der Waals surface area contributed by atoms with E-state index in [9.17, 15) is 4.79 Å². The minimum absolute atomic E-state index is 0.121. The predicted octanol–water partition coefficient (Wildman–Crippen LogP) is 4.14. The highest BCUT2D eigenvalue weighted by molar-refractivity contribution is 6.02. The molecule has 0 N–H and O–H groups in total. The van der Waals surface area contributed by atoms with Crippen LogP contribution in [-0.4, -0.2) is 70.3 Å². The van der Waals surface area contributed by atoms with Gasteiger partial charge in [0.05, 0.1) is 28.4 Å². The maximum absolute atomic E-state index is 13.4. The molecule has 0 bridgehead atoms. The average Bonchev–Trinajstić information content (AvgIpc) is 3.29. The lowest BCUT2D eigenvalue weighted by molar-refractivity contribution is -0.129. The van der Waals surface area contributed by atoms with Gasteiger partial charge in [0.25, 0.3) is 0 Å². The van der Waals surface area contributed by atoms with Crippen LogP contribution in [0.25, 0.3) is 17.0 Å². The number of fused-ring (bicyclic) bond motifs is 3. The van der Waals surface area contributed by atoms with E-state index in [0.717, 1.165) is 65.2 Å². The summed E-state index contributed by atoms with van der Waals surface area (Å²) in [6.45, 7) is 3.73. The second-order valence-electron chi connectivity index (χ2n) is 9.07. The van der Waals surface area contributed by atoms with Crippen LogP contribution < -0.4 is 18.9 Å². The average molecular weight is 493 g/mol. The Kier molecular flexibility index (Phi) is 6.78. The van der Waals surface area contributed by atoms with Gasteiger partial charge in [-0.3, -0.25) is 9.69 Å². The van der Waals surface area contributed by atoms with Gasteiger partial charge in [-0.05, 0) is 42.3 Å². The lowest BCUT2D eigenvalue weighted by atomic mass is 9.95. The van der Waals surface area contributed by atoms with Crippen molar-refractivity contribution in [3.8, 4) is 23.0 Å². The van der Waals surface area contributed by atoms with E-state index >= 15 is 0 Å². The zero-order valence-corrected chi connectivity index (χ0v) is 21.3. The summed E-state index contributed by atoms with van der Waals surface area (Å²) in [5, 5.41) is 1.02. The van der Waals surface area contributed by atoms with Crippen LogP contribution in [0.5, 0.6) is 23.0 Å². The molecule has 2 heterocycles. The SMILES string of the molecule is COc1ccc2c3c(oc2c1)CCC(C(=O)N1CCN(Cc2cc(OC)c(OC)c(OC)c2)CC1)=C3. The normalized spacial score (nSPS) is 15.9. The van der Waals surface area contributed by atoms with E-state index in [0.29, 0.717) is 36.8 Å². The summed E-state index contributed by atoms with van der Waals surface area (Å²) in [6.07, 6.45) is 3.43. The van der Waals surface area contributed by atoms with E-state index < -0.39 is 0 Å². The Bertz CT molecular complexity index is 1280. The number of carbonyl (C=O) groups excluding carboxylic acids is 1. The third kappa shape index (κ3) is 4.48. The van der Waals surface area contributed by atoms with Gasteiger partial charge in [0.1, 0.15) is 17.1 Å². The number of nitrogens with zero attached hydrogens (tertiary/aromatic N) is 2. The molecule has 1 aromatic heterocycles. The number of rotatable bonds is 7. The first-order chi connectivity index (χ1) is 17.5. The number of methoxy groups -OCH3 is 4. The van der Waals surface area contributed by atoms with Crippen molar-refractivity contribution in [2.45, 2.75) is 19.4 Å². The zero-order valence-electron chi connectivity index (χ0n) is 21.3. The van der Waals surface area contributed by atoms with Crippen molar-refractivity contribution in [1.82, 2.24) is 9.80 Å². The number of carbonyl (C=O) groups is 1. The van der Waals surface area contributed by atoms with Crippen molar-refractivity contribution in [3.05, 3.63) is 52.8 Å². The monoisotopic (exact) mass is 492 g/mol. The highest BCUT2D eigenvalue weighted by Crippen LogP contribution is 2.39. The summed E-state index contributed by atoms with van der Waals surface area (Å²) < 4.78 is 27.8. The first-order valence-corrected chi connectivity index (χ1v) is 12.1. The quantitative estimate of drug-likeness (QED) is 0.491. The standard InChI is InChI=1S/C28H32N2O6/c1-32-20-6-7-21-22-15-19(5-8-23(22)36-24(21)16-20)28(31)30-11-9-29(10-12-30)17-18-13-25(33-2)27(35-4)26(14-18)34-3/h6-7,13-16H,5,8-12,17H2,1-4H3. The number of benzene rings is 2. The summed E-state index contributed by atoms with van der Waals surface area (Å²) in [4.78, 5) is 17.7. The van der Waals surface area contributed by atoms with Gasteiger partial charge in [-0.25, -0.2) is 0 Å². The molecule has 36 heavy (non-hydrogen) atoms. The van der Waals surface area contributed by atoms with Crippen molar-refractivity contribution < 1.29 is 28.2 Å². The van der Waals surface area contributed by atoms with Crippen molar-refractivity contribution in [2.24, 2.45) is 0 Å². The molecule has 1 aliphatic heterocycles. The molecule has 1 saturated heterocycles. The van der Waals surface area contributed by atoms with Crippen LogP contribution in [0.4, 0.5) is 0 Å². The zero-order chi connectivity index (χ0) is 25.2. The second kappa shape index (κ2) is 10.1. The minimum Gasteiger partial charge on any atom is -0.497 e.